The van der Waals surface area contributed by atoms with Crippen molar-refractivity contribution in [3.8, 4) is 0 Å². The van der Waals surface area contributed by atoms with E-state index in [1.165, 1.54) is 0 Å². The Labute approximate surface area is 122 Å². The first-order chi connectivity index (χ1) is 8.89. The Kier molecular flexibility index (Phi) is 5.78. The van der Waals surface area contributed by atoms with Crippen LogP contribution in [0, 0.1) is 17.3 Å². The molecule has 19 heavy (non-hydrogen) atoms. The van der Waals surface area contributed by atoms with E-state index in [0.29, 0.717) is 23.7 Å². The standard InChI is InChI=1S/C15H28N2OS/c1-5-15(6-2,13(16)19)14(18)17-9-7-12(8-10-17)11(3)4/h11-12H,5-10H2,1-4H3,(H2,16,19). The molecule has 1 fully saturated rings. The zero-order chi connectivity index (χ0) is 14.6. The number of carbonyl (C=O) groups excluding carboxylic acids is 1. The predicted molar refractivity (Wildman–Crippen MR) is 83.9 cm³/mol. The van der Waals surface area contributed by atoms with Crippen LogP contribution < -0.4 is 5.73 Å². The minimum absolute atomic E-state index is 0.146. The number of hydrogen-bond acceptors (Lipinski definition) is 2. The van der Waals surface area contributed by atoms with Crippen molar-refractivity contribution in [1.82, 2.24) is 4.90 Å². The summed E-state index contributed by atoms with van der Waals surface area (Å²) in [5.74, 6) is 1.59. The van der Waals surface area contributed by atoms with Crippen LogP contribution in [-0.4, -0.2) is 28.9 Å². The van der Waals surface area contributed by atoms with Gasteiger partial charge in [-0.1, -0.05) is 39.9 Å². The van der Waals surface area contributed by atoms with E-state index in [0.717, 1.165) is 31.8 Å². The lowest BCUT2D eigenvalue weighted by atomic mass is 9.79. The number of hydrogen-bond donors (Lipinski definition) is 1. The molecule has 1 amide bonds. The molecule has 0 spiro atoms. The quantitative estimate of drug-likeness (QED) is 0.790. The molecule has 1 aliphatic heterocycles. The van der Waals surface area contributed by atoms with Crippen molar-refractivity contribution < 1.29 is 4.79 Å². The van der Waals surface area contributed by atoms with E-state index in [9.17, 15) is 4.79 Å². The first-order valence-corrected chi connectivity index (χ1v) is 7.89. The average molecular weight is 284 g/mol. The van der Waals surface area contributed by atoms with Gasteiger partial charge in [0.25, 0.3) is 0 Å². The van der Waals surface area contributed by atoms with E-state index in [4.69, 9.17) is 18.0 Å². The summed E-state index contributed by atoms with van der Waals surface area (Å²) in [7, 11) is 0. The molecular formula is C15H28N2OS. The Balaban J connectivity index is 2.76. The molecule has 1 heterocycles. The van der Waals surface area contributed by atoms with Crippen LogP contribution in [-0.2, 0) is 4.79 Å². The summed E-state index contributed by atoms with van der Waals surface area (Å²) in [6, 6.07) is 0. The van der Waals surface area contributed by atoms with Gasteiger partial charge < -0.3 is 10.6 Å². The molecule has 1 rings (SSSR count). The highest BCUT2D eigenvalue weighted by molar-refractivity contribution is 7.80. The van der Waals surface area contributed by atoms with E-state index in [1.54, 1.807) is 0 Å². The van der Waals surface area contributed by atoms with Gasteiger partial charge >= 0.3 is 0 Å². The summed E-state index contributed by atoms with van der Waals surface area (Å²) in [5, 5.41) is 0. The molecule has 2 N–H and O–H groups in total. The Bertz CT molecular complexity index is 329. The number of nitrogens with two attached hydrogens (primary N) is 1. The van der Waals surface area contributed by atoms with Gasteiger partial charge in [-0.3, -0.25) is 4.79 Å². The van der Waals surface area contributed by atoms with Crippen LogP contribution in [0.25, 0.3) is 0 Å². The molecule has 0 atom stereocenters. The lowest BCUT2D eigenvalue weighted by Crippen LogP contribution is -2.52. The molecule has 3 nitrogen and oxygen atoms in total. The molecule has 0 radical (unpaired) electrons. The normalized spacial score (nSPS) is 17.8. The Morgan fingerprint density at radius 1 is 1.32 bits per heavy atom. The third-order valence-electron chi connectivity index (χ3n) is 4.86. The van der Waals surface area contributed by atoms with Crippen LogP contribution in [0.4, 0.5) is 0 Å². The third-order valence-corrected chi connectivity index (χ3v) is 5.25. The lowest BCUT2D eigenvalue weighted by molar-refractivity contribution is -0.140. The van der Waals surface area contributed by atoms with Crippen molar-refractivity contribution in [3.63, 3.8) is 0 Å². The highest BCUT2D eigenvalue weighted by Crippen LogP contribution is 2.32. The van der Waals surface area contributed by atoms with Gasteiger partial charge in [-0.05, 0) is 37.5 Å². The van der Waals surface area contributed by atoms with E-state index < -0.39 is 5.41 Å². The van der Waals surface area contributed by atoms with Crippen molar-refractivity contribution in [2.45, 2.75) is 53.4 Å². The second kappa shape index (κ2) is 6.69. The van der Waals surface area contributed by atoms with Crippen molar-refractivity contribution in [2.75, 3.05) is 13.1 Å². The maximum absolute atomic E-state index is 12.8. The molecule has 0 aromatic heterocycles. The molecule has 0 aromatic rings. The van der Waals surface area contributed by atoms with Gasteiger partial charge in [0.1, 0.15) is 0 Å². The summed E-state index contributed by atoms with van der Waals surface area (Å²) < 4.78 is 0. The van der Waals surface area contributed by atoms with E-state index in [-0.39, 0.29) is 5.91 Å². The molecule has 110 valence electrons. The zero-order valence-corrected chi connectivity index (χ0v) is 13.6. The van der Waals surface area contributed by atoms with Gasteiger partial charge in [0.05, 0.1) is 10.4 Å². The summed E-state index contributed by atoms with van der Waals surface area (Å²) in [6.07, 6.45) is 3.60. The predicted octanol–water partition coefficient (Wildman–Crippen LogP) is 2.97. The Hall–Kier alpha value is -0.640. The van der Waals surface area contributed by atoms with Gasteiger partial charge in [0, 0.05) is 13.1 Å². The first kappa shape index (κ1) is 16.4. The summed E-state index contributed by atoms with van der Waals surface area (Å²) in [5.41, 5.74) is 5.23. The lowest BCUT2D eigenvalue weighted by Gasteiger charge is -2.40. The summed E-state index contributed by atoms with van der Waals surface area (Å²) in [6.45, 7) is 10.2. The maximum atomic E-state index is 12.8. The van der Waals surface area contributed by atoms with E-state index in [2.05, 4.69) is 13.8 Å². The molecule has 0 saturated carbocycles. The number of likely N-dealkylation sites (tertiary alicyclic amines) is 1. The number of nitrogens with zero attached hydrogens (tertiary/aromatic N) is 1. The molecule has 0 aliphatic carbocycles. The summed E-state index contributed by atoms with van der Waals surface area (Å²) >= 11 is 5.17. The fourth-order valence-corrected chi connectivity index (χ4v) is 3.45. The summed E-state index contributed by atoms with van der Waals surface area (Å²) in [4.78, 5) is 15.1. The topological polar surface area (TPSA) is 46.3 Å². The zero-order valence-electron chi connectivity index (χ0n) is 12.7. The van der Waals surface area contributed by atoms with Crippen molar-refractivity contribution in [2.24, 2.45) is 23.0 Å². The van der Waals surface area contributed by atoms with Crippen LogP contribution in [0.1, 0.15) is 53.4 Å². The Morgan fingerprint density at radius 3 is 2.11 bits per heavy atom. The van der Waals surface area contributed by atoms with Gasteiger partial charge in [-0.2, -0.15) is 0 Å². The fraction of sp³-hybridized carbons (Fsp3) is 0.867. The van der Waals surface area contributed by atoms with Crippen LogP contribution in [0.3, 0.4) is 0 Å². The highest BCUT2D eigenvalue weighted by atomic mass is 32.1. The van der Waals surface area contributed by atoms with Crippen molar-refractivity contribution in [1.29, 1.82) is 0 Å². The van der Waals surface area contributed by atoms with E-state index >= 15 is 0 Å². The highest BCUT2D eigenvalue weighted by Gasteiger charge is 2.41. The molecule has 4 heteroatoms. The SMILES string of the molecule is CCC(CC)(C(=O)N1CCC(C(C)C)CC1)C(N)=S. The molecule has 1 saturated heterocycles. The maximum Gasteiger partial charge on any atom is 0.235 e. The Morgan fingerprint density at radius 2 is 1.79 bits per heavy atom. The van der Waals surface area contributed by atoms with Crippen LogP contribution >= 0.6 is 12.2 Å². The largest absolute Gasteiger partial charge is 0.392 e. The van der Waals surface area contributed by atoms with Crippen LogP contribution in [0.2, 0.25) is 0 Å². The fourth-order valence-electron chi connectivity index (χ4n) is 3.08. The molecule has 0 bridgehead atoms. The number of amides is 1. The average Bonchev–Trinajstić information content (AvgIpc) is 2.40. The van der Waals surface area contributed by atoms with Crippen LogP contribution in [0.15, 0.2) is 0 Å². The molecule has 0 aromatic carbocycles. The van der Waals surface area contributed by atoms with Gasteiger partial charge in [-0.25, -0.2) is 0 Å². The van der Waals surface area contributed by atoms with Gasteiger partial charge in [0.2, 0.25) is 5.91 Å². The first-order valence-electron chi connectivity index (χ1n) is 7.48. The van der Waals surface area contributed by atoms with Crippen LogP contribution in [0.5, 0.6) is 0 Å². The second-order valence-electron chi connectivity index (χ2n) is 6.03. The van der Waals surface area contributed by atoms with Crippen molar-refractivity contribution in [3.05, 3.63) is 0 Å². The van der Waals surface area contributed by atoms with Crippen molar-refractivity contribution >= 4 is 23.1 Å². The van der Waals surface area contributed by atoms with Gasteiger partial charge in [-0.15, -0.1) is 0 Å². The third kappa shape index (κ3) is 3.28. The number of rotatable bonds is 5. The number of carbonyl (C=O) groups is 1. The smallest absolute Gasteiger partial charge is 0.235 e. The van der Waals surface area contributed by atoms with E-state index in [1.807, 2.05) is 18.7 Å². The molecule has 0 unspecified atom stereocenters. The molecule has 1 aliphatic rings. The number of thiocarbonyl (C=S) groups is 1. The molecular weight excluding hydrogens is 256 g/mol. The minimum atomic E-state index is -0.625. The monoisotopic (exact) mass is 284 g/mol. The van der Waals surface area contributed by atoms with Gasteiger partial charge in [0.15, 0.2) is 0 Å². The second-order valence-corrected chi connectivity index (χ2v) is 6.47. The number of piperidine rings is 1. The minimum Gasteiger partial charge on any atom is -0.392 e.